The number of hydrogen-bond donors (Lipinski definition) is 2. The molecule has 1 amide bonds. The number of aromatic nitrogens is 2. The predicted molar refractivity (Wildman–Crippen MR) is 80.8 cm³/mol. The van der Waals surface area contributed by atoms with Gasteiger partial charge in [0.05, 0.1) is 6.54 Å². The zero-order valence-electron chi connectivity index (χ0n) is 12.8. The van der Waals surface area contributed by atoms with E-state index in [1.54, 1.807) is 19.4 Å². The van der Waals surface area contributed by atoms with E-state index in [0.29, 0.717) is 19.0 Å². The highest BCUT2D eigenvalue weighted by Crippen LogP contribution is 2.24. The number of amides is 1. The Morgan fingerprint density at radius 1 is 1.45 bits per heavy atom. The van der Waals surface area contributed by atoms with Crippen molar-refractivity contribution in [3.8, 4) is 0 Å². The first-order valence-electron chi connectivity index (χ1n) is 7.25. The summed E-state index contributed by atoms with van der Waals surface area (Å²) in [4.78, 5) is 34.3. The maximum atomic E-state index is 11.5. The lowest BCUT2D eigenvalue weighted by Crippen LogP contribution is -2.70. The predicted octanol–water partition coefficient (Wildman–Crippen LogP) is 0.344. The molecule has 0 spiro atoms. The van der Waals surface area contributed by atoms with Gasteiger partial charge >= 0.3 is 6.09 Å². The van der Waals surface area contributed by atoms with E-state index in [1.807, 2.05) is 11.8 Å². The van der Waals surface area contributed by atoms with Crippen LogP contribution in [0.2, 0.25) is 0 Å². The Kier molecular flexibility index (Phi) is 4.92. The first-order valence-corrected chi connectivity index (χ1v) is 7.25. The third-order valence-electron chi connectivity index (χ3n) is 4.06. The van der Waals surface area contributed by atoms with Gasteiger partial charge in [0.25, 0.3) is 0 Å². The fourth-order valence-corrected chi connectivity index (χ4v) is 2.69. The van der Waals surface area contributed by atoms with Crippen molar-refractivity contribution in [1.82, 2.24) is 20.2 Å². The van der Waals surface area contributed by atoms with Gasteiger partial charge in [-0.2, -0.15) is 0 Å². The molecule has 2 rings (SSSR count). The van der Waals surface area contributed by atoms with Crippen molar-refractivity contribution in [2.75, 3.05) is 31.6 Å². The van der Waals surface area contributed by atoms with Crippen LogP contribution in [0.4, 0.5) is 10.7 Å². The van der Waals surface area contributed by atoms with Crippen molar-refractivity contribution in [2.45, 2.75) is 25.4 Å². The molecule has 1 saturated heterocycles. The molecule has 1 fully saturated rings. The maximum absolute atomic E-state index is 11.5. The highest BCUT2D eigenvalue weighted by molar-refractivity contribution is 5.68. The molecule has 8 heteroatoms. The summed E-state index contributed by atoms with van der Waals surface area (Å²) in [7, 11) is 1.66. The molecule has 0 aromatic carbocycles. The monoisotopic (exact) mass is 307 g/mol. The lowest BCUT2D eigenvalue weighted by atomic mass is 10.0. The minimum atomic E-state index is -1.04. The highest BCUT2D eigenvalue weighted by Gasteiger charge is 2.43. The largest absolute Gasteiger partial charge is 0.465 e. The summed E-state index contributed by atoms with van der Waals surface area (Å²) in [5.74, 6) is 0.549. The Morgan fingerprint density at radius 3 is 2.64 bits per heavy atom. The van der Waals surface area contributed by atoms with Crippen molar-refractivity contribution < 1.29 is 14.7 Å². The van der Waals surface area contributed by atoms with E-state index in [0.717, 1.165) is 18.3 Å². The minimum absolute atomic E-state index is 0.0688. The number of piperazine rings is 1. The number of nitrogens with zero attached hydrogens (tertiary/aromatic N) is 4. The van der Waals surface area contributed by atoms with Gasteiger partial charge in [-0.15, -0.1) is 0 Å². The number of rotatable bonds is 5. The molecule has 0 saturated carbocycles. The van der Waals surface area contributed by atoms with Gasteiger partial charge in [0.1, 0.15) is 11.9 Å². The number of hydrogen-bond acceptors (Lipinski definition) is 6. The molecule has 1 atom stereocenters. The van der Waals surface area contributed by atoms with Gasteiger partial charge in [-0.25, -0.2) is 14.8 Å². The van der Waals surface area contributed by atoms with Crippen LogP contribution in [0.1, 0.15) is 18.9 Å². The molecule has 1 unspecified atom stereocenters. The summed E-state index contributed by atoms with van der Waals surface area (Å²) < 4.78 is 0. The van der Waals surface area contributed by atoms with Gasteiger partial charge < -0.3 is 14.8 Å². The normalized spacial score (nSPS) is 21.7. The third kappa shape index (κ3) is 3.01. The van der Waals surface area contributed by atoms with Gasteiger partial charge in [0.2, 0.25) is 5.95 Å². The molecule has 0 radical (unpaired) electrons. The Morgan fingerprint density at radius 2 is 2.14 bits per heavy atom. The van der Waals surface area contributed by atoms with Crippen molar-refractivity contribution >= 4 is 18.3 Å². The second-order valence-electron chi connectivity index (χ2n) is 5.25. The number of aryl methyl sites for hydroxylation is 1. The average Bonchev–Trinajstić information content (AvgIpc) is 2.54. The molecule has 22 heavy (non-hydrogen) atoms. The number of likely N-dealkylation sites (N-methyl/N-ethyl adjacent to an activating group) is 1. The van der Waals surface area contributed by atoms with Crippen LogP contribution in [0.25, 0.3) is 0 Å². The van der Waals surface area contributed by atoms with Crippen molar-refractivity contribution in [3.63, 3.8) is 0 Å². The first kappa shape index (κ1) is 16.2. The molecule has 1 aliphatic rings. The van der Waals surface area contributed by atoms with Gasteiger partial charge in [-0.05, 0) is 19.0 Å². The fourth-order valence-electron chi connectivity index (χ4n) is 2.69. The van der Waals surface area contributed by atoms with Crippen LogP contribution in [-0.4, -0.2) is 64.7 Å². The summed E-state index contributed by atoms with van der Waals surface area (Å²) in [6.07, 6.45) is 4.16. The second kappa shape index (κ2) is 6.69. The third-order valence-corrected chi connectivity index (χ3v) is 4.06. The van der Waals surface area contributed by atoms with Crippen LogP contribution in [-0.2, 0) is 11.2 Å². The van der Waals surface area contributed by atoms with Crippen LogP contribution in [0, 0.1) is 0 Å². The molecular formula is C14H21N5O3. The summed E-state index contributed by atoms with van der Waals surface area (Å²) in [5.41, 5.74) is 0.0826. The molecule has 1 aromatic heterocycles. The molecule has 1 aromatic rings. The molecular weight excluding hydrogens is 286 g/mol. The average molecular weight is 307 g/mol. The topological polar surface area (TPSA) is 98.7 Å². The Labute approximate surface area is 129 Å². The fraction of sp³-hybridized carbons (Fsp3) is 0.571. The standard InChI is InChI=1S/C14H21N5O3/c1-3-11-8-16-12(17-9-11)18-5-6-19(13(21)22)14(10-18,15-2)4-7-20/h7-9,15H,3-6,10H2,1-2H3,(H,21,22). The summed E-state index contributed by atoms with van der Waals surface area (Å²) in [6.45, 7) is 3.11. The van der Waals surface area contributed by atoms with Crippen LogP contribution in [0.3, 0.4) is 0 Å². The van der Waals surface area contributed by atoms with Gasteiger partial charge in [-0.1, -0.05) is 6.92 Å². The van der Waals surface area contributed by atoms with E-state index in [1.165, 1.54) is 4.90 Å². The van der Waals surface area contributed by atoms with E-state index in [-0.39, 0.29) is 13.0 Å². The number of carbonyl (C=O) groups excluding carboxylic acids is 1. The van der Waals surface area contributed by atoms with E-state index >= 15 is 0 Å². The SMILES string of the molecule is CCc1cnc(N2CCN(C(=O)O)C(CC=O)(NC)C2)nc1. The molecule has 1 aliphatic heterocycles. The lowest BCUT2D eigenvalue weighted by molar-refractivity contribution is -0.110. The molecule has 0 bridgehead atoms. The summed E-state index contributed by atoms with van der Waals surface area (Å²) in [6, 6.07) is 0. The minimum Gasteiger partial charge on any atom is -0.465 e. The van der Waals surface area contributed by atoms with Crippen LogP contribution in [0.15, 0.2) is 12.4 Å². The molecule has 2 heterocycles. The van der Waals surface area contributed by atoms with Crippen molar-refractivity contribution in [2.24, 2.45) is 0 Å². The van der Waals surface area contributed by atoms with Crippen LogP contribution >= 0.6 is 0 Å². The summed E-state index contributed by atoms with van der Waals surface area (Å²) >= 11 is 0. The van der Waals surface area contributed by atoms with Gasteiger partial charge in [0, 0.05) is 31.9 Å². The number of nitrogens with one attached hydrogen (secondary N) is 1. The molecule has 8 nitrogen and oxygen atoms in total. The second-order valence-corrected chi connectivity index (χ2v) is 5.25. The smallest absolute Gasteiger partial charge is 0.408 e. The van der Waals surface area contributed by atoms with E-state index in [2.05, 4.69) is 15.3 Å². The Hall–Kier alpha value is -2.22. The first-order chi connectivity index (χ1) is 10.6. The lowest BCUT2D eigenvalue weighted by Gasteiger charge is -2.48. The van der Waals surface area contributed by atoms with Gasteiger partial charge in [-0.3, -0.25) is 10.2 Å². The van der Waals surface area contributed by atoms with Crippen LogP contribution < -0.4 is 10.2 Å². The quantitative estimate of drug-likeness (QED) is 0.757. The zero-order valence-corrected chi connectivity index (χ0v) is 12.8. The van der Waals surface area contributed by atoms with E-state index in [9.17, 15) is 14.7 Å². The zero-order chi connectivity index (χ0) is 16.2. The van der Waals surface area contributed by atoms with Crippen LogP contribution in [0.5, 0.6) is 0 Å². The number of aldehydes is 1. The molecule has 0 aliphatic carbocycles. The Bertz CT molecular complexity index is 536. The van der Waals surface area contributed by atoms with E-state index in [4.69, 9.17) is 0 Å². The van der Waals surface area contributed by atoms with Gasteiger partial charge in [0.15, 0.2) is 0 Å². The molecule has 120 valence electrons. The summed E-state index contributed by atoms with van der Waals surface area (Å²) in [5, 5.41) is 12.4. The highest BCUT2D eigenvalue weighted by atomic mass is 16.4. The number of carbonyl (C=O) groups is 2. The van der Waals surface area contributed by atoms with E-state index < -0.39 is 11.8 Å². The number of carboxylic acid groups (broad SMARTS) is 1. The number of anilines is 1. The Balaban J connectivity index is 2.25. The van der Waals surface area contributed by atoms with Crippen molar-refractivity contribution in [1.29, 1.82) is 0 Å². The molecule has 2 N–H and O–H groups in total. The van der Waals surface area contributed by atoms with Crippen molar-refractivity contribution in [3.05, 3.63) is 18.0 Å². The maximum Gasteiger partial charge on any atom is 0.408 e.